The second kappa shape index (κ2) is 11.0. The van der Waals surface area contributed by atoms with Gasteiger partial charge in [0.2, 0.25) is 5.91 Å². The van der Waals surface area contributed by atoms with Gasteiger partial charge in [0.05, 0.1) is 13.2 Å². The van der Waals surface area contributed by atoms with Gasteiger partial charge in [0, 0.05) is 48.9 Å². The van der Waals surface area contributed by atoms with Crippen LogP contribution >= 0.6 is 11.6 Å². The van der Waals surface area contributed by atoms with Crippen molar-refractivity contribution in [2.24, 2.45) is 0 Å². The number of benzene rings is 2. The Balaban J connectivity index is 1.38. The molecular formula is C22H26ClN3O3. The number of ether oxygens (including phenoxy) is 1. The molecule has 2 aromatic rings. The van der Waals surface area contributed by atoms with Gasteiger partial charge in [-0.3, -0.25) is 14.5 Å². The number of nitrogens with zero attached hydrogens (tertiary/aromatic N) is 1. The lowest BCUT2D eigenvalue weighted by molar-refractivity contribution is -0.116. The van der Waals surface area contributed by atoms with E-state index >= 15 is 0 Å². The van der Waals surface area contributed by atoms with E-state index in [1.807, 2.05) is 18.2 Å². The molecule has 7 heteroatoms. The first-order valence-electron chi connectivity index (χ1n) is 9.83. The van der Waals surface area contributed by atoms with Crippen LogP contribution in [0.25, 0.3) is 0 Å². The number of morpholine rings is 1. The van der Waals surface area contributed by atoms with Crippen LogP contribution in [0.2, 0.25) is 5.02 Å². The maximum atomic E-state index is 12.2. The maximum absolute atomic E-state index is 12.2. The Labute approximate surface area is 176 Å². The molecule has 0 aliphatic carbocycles. The molecule has 1 fully saturated rings. The van der Waals surface area contributed by atoms with E-state index in [2.05, 4.69) is 21.6 Å². The summed E-state index contributed by atoms with van der Waals surface area (Å²) in [6.07, 6.45) is 0.910. The van der Waals surface area contributed by atoms with Gasteiger partial charge < -0.3 is 15.4 Å². The largest absolute Gasteiger partial charge is 0.379 e. The summed E-state index contributed by atoms with van der Waals surface area (Å²) in [5, 5.41) is 6.34. The van der Waals surface area contributed by atoms with Gasteiger partial charge in [-0.2, -0.15) is 0 Å². The number of anilines is 1. The van der Waals surface area contributed by atoms with Gasteiger partial charge in [-0.05, 0) is 48.4 Å². The Hall–Kier alpha value is -2.41. The van der Waals surface area contributed by atoms with E-state index in [4.69, 9.17) is 16.3 Å². The standard InChI is InChI=1S/C22H26ClN3O3/c23-19-8-6-18(7-9-19)22(28)24-10-2-5-21(27)25-20-4-1-3-17(15-20)16-26-11-13-29-14-12-26/h1,3-4,6-9,15H,2,5,10-14,16H2,(H,24,28)(H,25,27). The smallest absolute Gasteiger partial charge is 0.251 e. The molecule has 0 aromatic heterocycles. The van der Waals surface area contributed by atoms with E-state index in [0.29, 0.717) is 30.0 Å². The molecule has 1 saturated heterocycles. The van der Waals surface area contributed by atoms with Gasteiger partial charge in [-0.15, -0.1) is 0 Å². The molecule has 0 unspecified atom stereocenters. The molecule has 2 aromatic carbocycles. The molecule has 2 amide bonds. The molecule has 1 aliphatic rings. The molecule has 0 spiro atoms. The number of nitrogens with one attached hydrogen (secondary N) is 2. The fourth-order valence-corrected chi connectivity index (χ4v) is 3.27. The lowest BCUT2D eigenvalue weighted by atomic mass is 10.1. The first-order valence-corrected chi connectivity index (χ1v) is 10.2. The van der Waals surface area contributed by atoms with Gasteiger partial charge >= 0.3 is 0 Å². The van der Waals surface area contributed by atoms with Crippen LogP contribution in [0.15, 0.2) is 48.5 Å². The normalized spacial score (nSPS) is 14.4. The molecule has 0 bridgehead atoms. The number of carbonyl (C=O) groups excluding carboxylic acids is 2. The van der Waals surface area contributed by atoms with Crippen LogP contribution in [0.4, 0.5) is 5.69 Å². The van der Waals surface area contributed by atoms with E-state index in [1.165, 1.54) is 5.56 Å². The fourth-order valence-electron chi connectivity index (χ4n) is 3.14. The highest BCUT2D eigenvalue weighted by Crippen LogP contribution is 2.14. The number of carbonyl (C=O) groups is 2. The van der Waals surface area contributed by atoms with Gasteiger partial charge in [0.25, 0.3) is 5.91 Å². The maximum Gasteiger partial charge on any atom is 0.251 e. The Morgan fingerprint density at radius 1 is 1.07 bits per heavy atom. The summed E-state index contributed by atoms with van der Waals surface area (Å²) < 4.78 is 5.37. The first kappa shape index (κ1) is 21.3. The average Bonchev–Trinajstić information content (AvgIpc) is 2.72. The quantitative estimate of drug-likeness (QED) is 0.649. The van der Waals surface area contributed by atoms with E-state index in [1.54, 1.807) is 24.3 Å². The van der Waals surface area contributed by atoms with Crippen LogP contribution in [-0.4, -0.2) is 49.6 Å². The average molecular weight is 416 g/mol. The number of hydrogen-bond acceptors (Lipinski definition) is 4. The zero-order valence-electron chi connectivity index (χ0n) is 16.3. The summed E-state index contributed by atoms with van der Waals surface area (Å²) >= 11 is 5.82. The predicted molar refractivity (Wildman–Crippen MR) is 114 cm³/mol. The molecule has 3 rings (SSSR count). The van der Waals surface area contributed by atoms with Gasteiger partial charge in [0.1, 0.15) is 0 Å². The Bertz CT molecular complexity index is 820. The SMILES string of the molecule is O=C(CCCNC(=O)c1ccc(Cl)cc1)Nc1cccc(CN2CCOCC2)c1. The zero-order valence-corrected chi connectivity index (χ0v) is 17.1. The Morgan fingerprint density at radius 3 is 2.59 bits per heavy atom. The van der Waals surface area contributed by atoms with E-state index in [0.717, 1.165) is 38.5 Å². The second-order valence-corrected chi connectivity index (χ2v) is 7.44. The highest BCUT2D eigenvalue weighted by Gasteiger charge is 2.11. The Kier molecular flexibility index (Phi) is 8.04. The predicted octanol–water partition coefficient (Wildman–Crippen LogP) is 3.32. The van der Waals surface area contributed by atoms with Gasteiger partial charge in [-0.25, -0.2) is 0 Å². The van der Waals surface area contributed by atoms with Crippen molar-refractivity contribution >= 4 is 29.1 Å². The third kappa shape index (κ3) is 7.16. The monoisotopic (exact) mass is 415 g/mol. The summed E-state index contributed by atoms with van der Waals surface area (Å²) in [5.74, 6) is -0.229. The van der Waals surface area contributed by atoms with Crippen molar-refractivity contribution in [1.82, 2.24) is 10.2 Å². The van der Waals surface area contributed by atoms with Crippen molar-refractivity contribution in [1.29, 1.82) is 0 Å². The highest BCUT2D eigenvalue weighted by atomic mass is 35.5. The molecular weight excluding hydrogens is 390 g/mol. The minimum atomic E-state index is -0.169. The third-order valence-electron chi connectivity index (χ3n) is 4.69. The van der Waals surface area contributed by atoms with Crippen molar-refractivity contribution in [3.63, 3.8) is 0 Å². The summed E-state index contributed by atoms with van der Waals surface area (Å²) in [4.78, 5) is 26.6. The van der Waals surface area contributed by atoms with Crippen LogP contribution in [0.5, 0.6) is 0 Å². The third-order valence-corrected chi connectivity index (χ3v) is 4.95. The molecule has 1 heterocycles. The van der Waals surface area contributed by atoms with Crippen molar-refractivity contribution in [2.75, 3.05) is 38.2 Å². The van der Waals surface area contributed by atoms with E-state index in [-0.39, 0.29) is 11.8 Å². The van der Waals surface area contributed by atoms with Crippen LogP contribution in [0.1, 0.15) is 28.8 Å². The number of rotatable bonds is 8. The van der Waals surface area contributed by atoms with Crippen LogP contribution < -0.4 is 10.6 Å². The number of halogens is 1. The van der Waals surface area contributed by atoms with Crippen molar-refractivity contribution in [3.8, 4) is 0 Å². The lowest BCUT2D eigenvalue weighted by Crippen LogP contribution is -2.35. The highest BCUT2D eigenvalue weighted by molar-refractivity contribution is 6.30. The molecule has 29 heavy (non-hydrogen) atoms. The van der Waals surface area contributed by atoms with Crippen LogP contribution in [0, 0.1) is 0 Å². The van der Waals surface area contributed by atoms with Crippen molar-refractivity contribution < 1.29 is 14.3 Å². The number of amides is 2. The molecule has 6 nitrogen and oxygen atoms in total. The Morgan fingerprint density at radius 2 is 1.83 bits per heavy atom. The molecule has 0 saturated carbocycles. The van der Waals surface area contributed by atoms with Crippen LogP contribution in [-0.2, 0) is 16.1 Å². The second-order valence-electron chi connectivity index (χ2n) is 7.00. The molecule has 2 N–H and O–H groups in total. The van der Waals surface area contributed by atoms with E-state index < -0.39 is 0 Å². The topological polar surface area (TPSA) is 70.7 Å². The van der Waals surface area contributed by atoms with Crippen LogP contribution in [0.3, 0.4) is 0 Å². The summed E-state index contributed by atoms with van der Waals surface area (Å²) in [7, 11) is 0. The summed E-state index contributed by atoms with van der Waals surface area (Å²) in [6.45, 7) is 4.68. The zero-order chi connectivity index (χ0) is 20.5. The minimum absolute atomic E-state index is 0.0609. The minimum Gasteiger partial charge on any atom is -0.379 e. The summed E-state index contributed by atoms with van der Waals surface area (Å²) in [5.41, 5.74) is 2.52. The molecule has 1 aliphatic heterocycles. The van der Waals surface area contributed by atoms with Gasteiger partial charge in [-0.1, -0.05) is 23.7 Å². The van der Waals surface area contributed by atoms with E-state index in [9.17, 15) is 9.59 Å². The summed E-state index contributed by atoms with van der Waals surface area (Å²) in [6, 6.07) is 14.6. The molecule has 0 radical (unpaired) electrons. The lowest BCUT2D eigenvalue weighted by Gasteiger charge is -2.26. The molecule has 154 valence electrons. The first-order chi connectivity index (χ1) is 14.1. The molecule has 0 atom stereocenters. The van der Waals surface area contributed by atoms with Crippen molar-refractivity contribution in [3.05, 3.63) is 64.7 Å². The number of hydrogen-bond donors (Lipinski definition) is 2. The van der Waals surface area contributed by atoms with Crippen molar-refractivity contribution in [2.45, 2.75) is 19.4 Å². The van der Waals surface area contributed by atoms with Gasteiger partial charge in [0.15, 0.2) is 0 Å². The fraction of sp³-hybridized carbons (Fsp3) is 0.364.